The molecule has 120 valence electrons. The molecule has 0 unspecified atom stereocenters. The minimum atomic E-state index is 0.680. The number of rotatable bonds is 5. The van der Waals surface area contributed by atoms with Crippen LogP contribution in [-0.4, -0.2) is 69.5 Å². The number of ether oxygens (including phenoxy) is 1. The number of fused-ring (bicyclic) bond motifs is 3. The van der Waals surface area contributed by atoms with Crippen molar-refractivity contribution in [1.82, 2.24) is 30.2 Å². The third-order valence-corrected chi connectivity index (χ3v) is 4.12. The zero-order valence-corrected chi connectivity index (χ0v) is 12.9. The van der Waals surface area contributed by atoms with Crippen molar-refractivity contribution in [2.75, 3.05) is 44.7 Å². The Bertz CT molecular complexity index is 797. The van der Waals surface area contributed by atoms with Gasteiger partial charge in [-0.3, -0.25) is 4.90 Å². The molecule has 0 radical (unpaired) electrons. The van der Waals surface area contributed by atoms with Crippen molar-refractivity contribution in [2.24, 2.45) is 0 Å². The van der Waals surface area contributed by atoms with Crippen molar-refractivity contribution in [2.45, 2.75) is 6.42 Å². The van der Waals surface area contributed by atoms with E-state index in [0.29, 0.717) is 5.65 Å². The van der Waals surface area contributed by atoms with E-state index < -0.39 is 0 Å². The Hall–Kier alpha value is -2.32. The predicted molar refractivity (Wildman–Crippen MR) is 86.4 cm³/mol. The van der Waals surface area contributed by atoms with Crippen LogP contribution in [-0.2, 0) is 4.74 Å². The van der Waals surface area contributed by atoms with Gasteiger partial charge >= 0.3 is 0 Å². The van der Waals surface area contributed by atoms with E-state index in [-0.39, 0.29) is 0 Å². The normalized spacial score (nSPS) is 16.2. The number of aromatic nitrogens is 5. The van der Waals surface area contributed by atoms with Crippen LogP contribution in [0.4, 0.5) is 5.82 Å². The molecule has 0 aliphatic carbocycles. The zero-order valence-electron chi connectivity index (χ0n) is 12.9. The smallest absolute Gasteiger partial charge is 0.207 e. The number of nitrogens with zero attached hydrogens (tertiary/aromatic N) is 6. The van der Waals surface area contributed by atoms with Crippen LogP contribution in [0.2, 0.25) is 0 Å². The van der Waals surface area contributed by atoms with Crippen molar-refractivity contribution in [1.29, 1.82) is 0 Å². The van der Waals surface area contributed by atoms with E-state index >= 15 is 0 Å². The summed E-state index contributed by atoms with van der Waals surface area (Å²) in [5, 5.41) is 21.6. The molecule has 1 saturated heterocycles. The summed E-state index contributed by atoms with van der Waals surface area (Å²) < 4.78 is 6.85. The standard InChI is InChI=1S/C15H19N7O/c1-2-5-13-12(4-1)14(18-22-15(13)17-19-20-22)16-6-3-7-21-8-10-23-11-9-21/h1-2,4-5H,3,6-11H2,(H,16,18). The topological polar surface area (TPSA) is 80.5 Å². The average molecular weight is 313 g/mol. The van der Waals surface area contributed by atoms with Crippen LogP contribution < -0.4 is 5.32 Å². The number of morpholine rings is 1. The lowest BCUT2D eigenvalue weighted by Gasteiger charge is -2.26. The Kier molecular flexibility index (Phi) is 3.99. The zero-order chi connectivity index (χ0) is 15.5. The molecule has 0 amide bonds. The maximum atomic E-state index is 5.37. The first-order chi connectivity index (χ1) is 11.4. The molecular weight excluding hydrogens is 294 g/mol. The molecule has 3 heterocycles. The van der Waals surface area contributed by atoms with Gasteiger partial charge in [0.05, 0.1) is 13.2 Å². The number of anilines is 1. The van der Waals surface area contributed by atoms with Gasteiger partial charge in [0.15, 0.2) is 5.82 Å². The molecule has 8 heteroatoms. The van der Waals surface area contributed by atoms with Crippen LogP contribution in [0.1, 0.15) is 6.42 Å². The van der Waals surface area contributed by atoms with Gasteiger partial charge in [0.1, 0.15) is 0 Å². The fourth-order valence-corrected chi connectivity index (χ4v) is 2.91. The quantitative estimate of drug-likeness (QED) is 0.698. The fraction of sp³-hybridized carbons (Fsp3) is 0.467. The highest BCUT2D eigenvalue weighted by Crippen LogP contribution is 2.23. The lowest BCUT2D eigenvalue weighted by Crippen LogP contribution is -2.37. The van der Waals surface area contributed by atoms with Gasteiger partial charge in [0.25, 0.3) is 0 Å². The summed E-state index contributed by atoms with van der Waals surface area (Å²) in [6, 6.07) is 8.05. The SMILES string of the molecule is c1ccc2c(c1)c(NCCCN1CCOCC1)nn1nnnc21. The summed E-state index contributed by atoms with van der Waals surface area (Å²) in [4.78, 5) is 2.43. The predicted octanol–water partition coefficient (Wildman–Crippen LogP) is 0.807. The second kappa shape index (κ2) is 6.43. The largest absolute Gasteiger partial charge is 0.379 e. The summed E-state index contributed by atoms with van der Waals surface area (Å²) in [6.45, 7) is 5.67. The Morgan fingerprint density at radius 3 is 2.83 bits per heavy atom. The van der Waals surface area contributed by atoms with Crippen molar-refractivity contribution >= 4 is 22.2 Å². The van der Waals surface area contributed by atoms with Gasteiger partial charge in [0.2, 0.25) is 5.65 Å². The molecule has 1 aromatic carbocycles. The van der Waals surface area contributed by atoms with E-state index in [2.05, 4.69) is 30.8 Å². The molecular formula is C15H19N7O. The van der Waals surface area contributed by atoms with Crippen molar-refractivity contribution < 1.29 is 4.74 Å². The lowest BCUT2D eigenvalue weighted by atomic mass is 10.2. The van der Waals surface area contributed by atoms with E-state index in [9.17, 15) is 0 Å². The van der Waals surface area contributed by atoms with Gasteiger partial charge in [-0.25, -0.2) is 0 Å². The van der Waals surface area contributed by atoms with Crippen LogP contribution in [0.5, 0.6) is 0 Å². The third kappa shape index (κ3) is 2.95. The van der Waals surface area contributed by atoms with Crippen LogP contribution in [0.3, 0.4) is 0 Å². The number of benzene rings is 1. The third-order valence-electron chi connectivity index (χ3n) is 4.12. The summed E-state index contributed by atoms with van der Waals surface area (Å²) in [6.07, 6.45) is 1.06. The number of hydrogen-bond donors (Lipinski definition) is 1. The maximum absolute atomic E-state index is 5.37. The van der Waals surface area contributed by atoms with Crippen LogP contribution >= 0.6 is 0 Å². The molecule has 0 atom stereocenters. The Labute approximate surface area is 133 Å². The fourth-order valence-electron chi connectivity index (χ4n) is 2.91. The first kappa shape index (κ1) is 14.3. The first-order valence-electron chi connectivity index (χ1n) is 7.93. The summed E-state index contributed by atoms with van der Waals surface area (Å²) in [7, 11) is 0. The molecule has 23 heavy (non-hydrogen) atoms. The summed E-state index contributed by atoms with van der Waals surface area (Å²) in [5.74, 6) is 0.822. The van der Waals surface area contributed by atoms with E-state index in [0.717, 1.165) is 62.4 Å². The highest BCUT2D eigenvalue weighted by molar-refractivity contribution is 5.99. The van der Waals surface area contributed by atoms with Crippen LogP contribution in [0.25, 0.3) is 16.4 Å². The summed E-state index contributed by atoms with van der Waals surface area (Å²) in [5.41, 5.74) is 0.680. The molecule has 2 aromatic heterocycles. The van der Waals surface area contributed by atoms with Gasteiger partial charge in [0, 0.05) is 30.4 Å². The summed E-state index contributed by atoms with van der Waals surface area (Å²) >= 11 is 0. The van der Waals surface area contributed by atoms with Gasteiger partial charge in [-0.05, 0) is 23.4 Å². The Morgan fingerprint density at radius 1 is 1.13 bits per heavy atom. The number of nitrogens with one attached hydrogen (secondary N) is 1. The molecule has 1 fully saturated rings. The van der Waals surface area contributed by atoms with Crippen LogP contribution in [0.15, 0.2) is 24.3 Å². The van der Waals surface area contributed by atoms with E-state index in [1.807, 2.05) is 24.3 Å². The molecule has 1 aliphatic heterocycles. The molecule has 0 saturated carbocycles. The van der Waals surface area contributed by atoms with Crippen molar-refractivity contribution in [3.05, 3.63) is 24.3 Å². The number of hydrogen-bond acceptors (Lipinski definition) is 7. The molecule has 3 aromatic rings. The minimum absolute atomic E-state index is 0.680. The minimum Gasteiger partial charge on any atom is -0.379 e. The molecule has 1 N–H and O–H groups in total. The number of tetrazole rings is 1. The van der Waals surface area contributed by atoms with E-state index in [1.54, 1.807) is 0 Å². The van der Waals surface area contributed by atoms with Gasteiger partial charge in [-0.15, -0.1) is 14.8 Å². The van der Waals surface area contributed by atoms with Gasteiger partial charge < -0.3 is 10.1 Å². The first-order valence-corrected chi connectivity index (χ1v) is 7.93. The van der Waals surface area contributed by atoms with Gasteiger partial charge in [-0.2, -0.15) is 0 Å². The van der Waals surface area contributed by atoms with Crippen molar-refractivity contribution in [3.8, 4) is 0 Å². The Balaban J connectivity index is 1.47. The second-order valence-electron chi connectivity index (χ2n) is 5.62. The lowest BCUT2D eigenvalue weighted by molar-refractivity contribution is 0.0378. The van der Waals surface area contributed by atoms with E-state index in [4.69, 9.17) is 4.74 Å². The molecule has 1 aliphatic rings. The van der Waals surface area contributed by atoms with E-state index in [1.165, 1.54) is 4.63 Å². The monoisotopic (exact) mass is 313 g/mol. The van der Waals surface area contributed by atoms with Crippen molar-refractivity contribution in [3.63, 3.8) is 0 Å². The molecule has 4 rings (SSSR count). The van der Waals surface area contributed by atoms with Gasteiger partial charge in [-0.1, -0.05) is 24.3 Å². The highest BCUT2D eigenvalue weighted by Gasteiger charge is 2.11. The molecule has 0 spiro atoms. The molecule has 0 bridgehead atoms. The maximum Gasteiger partial charge on any atom is 0.207 e. The second-order valence-corrected chi connectivity index (χ2v) is 5.62. The molecule has 8 nitrogen and oxygen atoms in total. The van der Waals surface area contributed by atoms with Crippen LogP contribution in [0, 0.1) is 0 Å². The highest BCUT2D eigenvalue weighted by atomic mass is 16.5. The average Bonchev–Trinajstić information content (AvgIpc) is 3.08. The Morgan fingerprint density at radius 2 is 1.96 bits per heavy atom.